The van der Waals surface area contributed by atoms with Crippen LogP contribution in [0.1, 0.15) is 11.1 Å². The quantitative estimate of drug-likeness (QED) is 0.744. The van der Waals surface area contributed by atoms with Crippen LogP contribution in [0.3, 0.4) is 0 Å². The van der Waals surface area contributed by atoms with E-state index in [1.807, 2.05) is 24.3 Å². The highest BCUT2D eigenvalue weighted by Gasteiger charge is 2.03. The van der Waals surface area contributed by atoms with E-state index in [0.29, 0.717) is 0 Å². The number of hydrogen-bond donors (Lipinski definition) is 1. The Morgan fingerprint density at radius 3 is 2.74 bits per heavy atom. The molecule has 0 saturated heterocycles. The number of aromatic nitrogens is 1. The van der Waals surface area contributed by atoms with Crippen molar-refractivity contribution in [2.24, 2.45) is 0 Å². The highest BCUT2D eigenvalue weighted by molar-refractivity contribution is 7.22. The molecule has 0 radical (unpaired) electrons. The van der Waals surface area contributed by atoms with Gasteiger partial charge < -0.3 is 5.32 Å². The van der Waals surface area contributed by atoms with E-state index in [4.69, 9.17) is 11.6 Å². The monoisotopic (exact) mass is 288 g/mol. The molecule has 0 atom stereocenters. The second-order valence-electron chi connectivity index (χ2n) is 4.47. The van der Waals surface area contributed by atoms with Gasteiger partial charge in [0.1, 0.15) is 0 Å². The van der Waals surface area contributed by atoms with Crippen LogP contribution in [0.2, 0.25) is 5.02 Å². The maximum absolute atomic E-state index is 5.87. The van der Waals surface area contributed by atoms with Crippen molar-refractivity contribution in [2.75, 3.05) is 5.32 Å². The van der Waals surface area contributed by atoms with Crippen LogP contribution in [0.4, 0.5) is 5.13 Å². The summed E-state index contributed by atoms with van der Waals surface area (Å²) in [6.07, 6.45) is 0. The molecule has 2 aromatic carbocycles. The predicted octanol–water partition coefficient (Wildman–Crippen LogP) is 4.87. The number of anilines is 1. The van der Waals surface area contributed by atoms with E-state index in [9.17, 15) is 0 Å². The largest absolute Gasteiger partial charge is 0.357 e. The lowest BCUT2D eigenvalue weighted by Crippen LogP contribution is -1.98. The summed E-state index contributed by atoms with van der Waals surface area (Å²) in [6, 6.07) is 14.2. The topological polar surface area (TPSA) is 24.9 Å². The molecule has 0 spiro atoms. The number of thiazole rings is 1. The number of rotatable bonds is 3. The smallest absolute Gasteiger partial charge is 0.184 e. The Morgan fingerprint density at radius 2 is 1.95 bits per heavy atom. The van der Waals surface area contributed by atoms with Crippen molar-refractivity contribution < 1.29 is 0 Å². The number of nitrogens with zero attached hydrogens (tertiary/aromatic N) is 1. The molecule has 96 valence electrons. The number of nitrogens with one attached hydrogen (secondary N) is 1. The Labute approximate surface area is 121 Å². The molecule has 3 aromatic rings. The molecular weight excluding hydrogens is 276 g/mol. The number of benzene rings is 2. The zero-order valence-electron chi connectivity index (χ0n) is 10.5. The molecule has 1 N–H and O–H groups in total. The van der Waals surface area contributed by atoms with Crippen molar-refractivity contribution in [1.29, 1.82) is 0 Å². The molecule has 0 saturated carbocycles. The molecule has 0 aliphatic rings. The molecular formula is C15H13ClN2S. The van der Waals surface area contributed by atoms with E-state index in [-0.39, 0.29) is 0 Å². The molecule has 0 amide bonds. The highest BCUT2D eigenvalue weighted by Crippen LogP contribution is 2.27. The van der Waals surface area contributed by atoms with Gasteiger partial charge in [-0.15, -0.1) is 0 Å². The molecule has 0 bridgehead atoms. The summed E-state index contributed by atoms with van der Waals surface area (Å²) < 4.78 is 1.22. The third-order valence-electron chi connectivity index (χ3n) is 2.90. The summed E-state index contributed by atoms with van der Waals surface area (Å²) in [4.78, 5) is 4.57. The van der Waals surface area contributed by atoms with Crippen LogP contribution >= 0.6 is 22.9 Å². The lowest BCUT2D eigenvalue weighted by atomic mass is 10.2. The molecule has 19 heavy (non-hydrogen) atoms. The van der Waals surface area contributed by atoms with Gasteiger partial charge >= 0.3 is 0 Å². The van der Waals surface area contributed by atoms with Crippen LogP contribution in [-0.2, 0) is 6.54 Å². The first-order valence-corrected chi connectivity index (χ1v) is 7.26. The van der Waals surface area contributed by atoms with Gasteiger partial charge in [0.05, 0.1) is 10.2 Å². The summed E-state index contributed by atoms with van der Waals surface area (Å²) >= 11 is 7.55. The van der Waals surface area contributed by atoms with Gasteiger partial charge in [0.25, 0.3) is 0 Å². The average molecular weight is 289 g/mol. The Morgan fingerprint density at radius 1 is 1.16 bits per heavy atom. The van der Waals surface area contributed by atoms with E-state index in [1.165, 1.54) is 15.8 Å². The van der Waals surface area contributed by atoms with E-state index >= 15 is 0 Å². The van der Waals surface area contributed by atoms with E-state index in [2.05, 4.69) is 35.4 Å². The number of halogens is 1. The lowest BCUT2D eigenvalue weighted by Gasteiger charge is -2.02. The molecule has 0 aliphatic carbocycles. The van der Waals surface area contributed by atoms with Crippen molar-refractivity contribution in [2.45, 2.75) is 13.5 Å². The second-order valence-corrected chi connectivity index (χ2v) is 5.94. The Balaban J connectivity index is 1.76. The minimum atomic E-state index is 0.760. The molecule has 0 fully saturated rings. The van der Waals surface area contributed by atoms with Crippen LogP contribution < -0.4 is 5.32 Å². The lowest BCUT2D eigenvalue weighted by molar-refractivity contribution is 1.14. The third kappa shape index (κ3) is 2.88. The minimum Gasteiger partial charge on any atom is -0.357 e. The van der Waals surface area contributed by atoms with Crippen molar-refractivity contribution in [3.05, 3.63) is 58.6 Å². The minimum absolute atomic E-state index is 0.760. The summed E-state index contributed by atoms with van der Waals surface area (Å²) in [7, 11) is 0. The van der Waals surface area contributed by atoms with Gasteiger partial charge in [-0.05, 0) is 42.3 Å². The molecule has 0 aliphatic heterocycles. The average Bonchev–Trinajstić information content (AvgIpc) is 2.80. The van der Waals surface area contributed by atoms with Gasteiger partial charge in [-0.3, -0.25) is 0 Å². The maximum atomic E-state index is 5.87. The van der Waals surface area contributed by atoms with Crippen molar-refractivity contribution in [1.82, 2.24) is 4.98 Å². The molecule has 3 rings (SSSR count). The van der Waals surface area contributed by atoms with Crippen molar-refractivity contribution in [3.63, 3.8) is 0 Å². The van der Waals surface area contributed by atoms with E-state index in [0.717, 1.165) is 22.2 Å². The Hall–Kier alpha value is -1.58. The van der Waals surface area contributed by atoms with Gasteiger partial charge in [0.2, 0.25) is 0 Å². The number of hydrogen-bond acceptors (Lipinski definition) is 3. The maximum Gasteiger partial charge on any atom is 0.184 e. The fourth-order valence-corrected chi connectivity index (χ4v) is 2.97. The number of aryl methyl sites for hydroxylation is 1. The van der Waals surface area contributed by atoms with Gasteiger partial charge in [0, 0.05) is 11.6 Å². The Bertz CT molecular complexity index is 704. The molecule has 2 nitrogen and oxygen atoms in total. The molecule has 0 unspecified atom stereocenters. The highest BCUT2D eigenvalue weighted by atomic mass is 35.5. The molecule has 1 aromatic heterocycles. The summed E-state index contributed by atoms with van der Waals surface area (Å²) in [5, 5.41) is 5.07. The first-order valence-electron chi connectivity index (χ1n) is 6.06. The second kappa shape index (κ2) is 5.19. The van der Waals surface area contributed by atoms with Crippen LogP contribution in [-0.4, -0.2) is 4.98 Å². The van der Waals surface area contributed by atoms with Gasteiger partial charge in [-0.25, -0.2) is 4.98 Å². The van der Waals surface area contributed by atoms with Crippen LogP contribution in [0, 0.1) is 6.92 Å². The SMILES string of the molecule is Cc1ccc2nc(NCc3ccc(Cl)cc3)sc2c1. The van der Waals surface area contributed by atoms with Gasteiger partial charge in [-0.2, -0.15) is 0 Å². The summed E-state index contributed by atoms with van der Waals surface area (Å²) in [5.41, 5.74) is 3.51. The first kappa shape index (κ1) is 12.5. The first-order chi connectivity index (χ1) is 9.20. The summed E-state index contributed by atoms with van der Waals surface area (Å²) in [6.45, 7) is 2.86. The van der Waals surface area contributed by atoms with Crippen LogP contribution in [0.15, 0.2) is 42.5 Å². The standard InChI is InChI=1S/C15H13ClN2S/c1-10-2-7-13-14(8-10)19-15(18-13)17-9-11-3-5-12(16)6-4-11/h2-8H,9H2,1H3,(H,17,18). The number of fused-ring (bicyclic) bond motifs is 1. The van der Waals surface area contributed by atoms with E-state index < -0.39 is 0 Å². The predicted molar refractivity (Wildman–Crippen MR) is 83.1 cm³/mol. The van der Waals surface area contributed by atoms with E-state index in [1.54, 1.807) is 11.3 Å². The van der Waals surface area contributed by atoms with Gasteiger partial charge in [-0.1, -0.05) is 41.1 Å². The van der Waals surface area contributed by atoms with Crippen LogP contribution in [0.25, 0.3) is 10.2 Å². The molecule has 1 heterocycles. The fraction of sp³-hybridized carbons (Fsp3) is 0.133. The van der Waals surface area contributed by atoms with Crippen molar-refractivity contribution >= 4 is 38.3 Å². The zero-order chi connectivity index (χ0) is 13.2. The molecule has 4 heteroatoms. The van der Waals surface area contributed by atoms with Crippen molar-refractivity contribution in [3.8, 4) is 0 Å². The fourth-order valence-electron chi connectivity index (χ4n) is 1.89. The van der Waals surface area contributed by atoms with Gasteiger partial charge in [0.15, 0.2) is 5.13 Å². The van der Waals surface area contributed by atoms with Crippen LogP contribution in [0.5, 0.6) is 0 Å². The Kier molecular flexibility index (Phi) is 3.40. The zero-order valence-corrected chi connectivity index (χ0v) is 12.1. The summed E-state index contributed by atoms with van der Waals surface area (Å²) in [5.74, 6) is 0. The normalized spacial score (nSPS) is 10.8. The third-order valence-corrected chi connectivity index (χ3v) is 4.13.